The quantitative estimate of drug-likeness (QED) is 0.838. The molecule has 3 nitrogen and oxygen atoms in total. The molecule has 2 aromatic rings. The number of hydrogen-bond donors (Lipinski definition) is 2. The van der Waals surface area contributed by atoms with E-state index in [0.29, 0.717) is 13.0 Å². The highest BCUT2D eigenvalue weighted by Crippen LogP contribution is 2.09. The summed E-state index contributed by atoms with van der Waals surface area (Å²) in [5.41, 5.74) is 1.15. The normalized spacial score (nSPS) is 14.3. The molecule has 0 spiro atoms. The van der Waals surface area contributed by atoms with Gasteiger partial charge in [0, 0.05) is 6.04 Å². The van der Waals surface area contributed by atoms with Gasteiger partial charge in [-0.1, -0.05) is 30.3 Å². The van der Waals surface area contributed by atoms with Gasteiger partial charge in [0.1, 0.15) is 11.5 Å². The fraction of sp³-hybridized carbons (Fsp3) is 0.375. The molecule has 102 valence electrons. The Morgan fingerprint density at radius 1 is 1.16 bits per heavy atom. The molecular formula is C16H21NO2. The van der Waals surface area contributed by atoms with Gasteiger partial charge in [0.2, 0.25) is 0 Å². The van der Waals surface area contributed by atoms with E-state index >= 15 is 0 Å². The zero-order valence-corrected chi connectivity index (χ0v) is 11.5. The van der Waals surface area contributed by atoms with Crippen LogP contribution in [-0.2, 0) is 13.0 Å². The van der Waals surface area contributed by atoms with Crippen molar-refractivity contribution in [2.24, 2.45) is 0 Å². The molecule has 0 bridgehead atoms. The van der Waals surface area contributed by atoms with E-state index in [4.69, 9.17) is 4.42 Å². The standard InChI is InChI=1S/C16H21NO2/c1-12-8-9-15(19-12)11-17-13(2)16(18)10-14-6-4-3-5-7-14/h3-9,13,16-18H,10-11H2,1-2H3. The van der Waals surface area contributed by atoms with Crippen LogP contribution >= 0.6 is 0 Å². The van der Waals surface area contributed by atoms with Crippen molar-refractivity contribution in [3.05, 3.63) is 59.5 Å². The Morgan fingerprint density at radius 2 is 1.89 bits per heavy atom. The highest BCUT2D eigenvalue weighted by molar-refractivity contribution is 5.15. The Labute approximate surface area is 114 Å². The van der Waals surface area contributed by atoms with Gasteiger partial charge in [0.15, 0.2) is 0 Å². The summed E-state index contributed by atoms with van der Waals surface area (Å²) in [6.07, 6.45) is 0.255. The lowest BCUT2D eigenvalue weighted by Crippen LogP contribution is -2.38. The molecule has 2 unspecified atom stereocenters. The van der Waals surface area contributed by atoms with E-state index in [1.54, 1.807) is 0 Å². The maximum Gasteiger partial charge on any atom is 0.117 e. The highest BCUT2D eigenvalue weighted by Gasteiger charge is 2.14. The number of aliphatic hydroxyl groups is 1. The maximum absolute atomic E-state index is 10.2. The minimum Gasteiger partial charge on any atom is -0.465 e. The topological polar surface area (TPSA) is 45.4 Å². The number of benzene rings is 1. The van der Waals surface area contributed by atoms with Crippen LogP contribution in [0, 0.1) is 6.92 Å². The smallest absolute Gasteiger partial charge is 0.117 e. The molecule has 0 fully saturated rings. The van der Waals surface area contributed by atoms with Crippen LogP contribution in [0.3, 0.4) is 0 Å². The van der Waals surface area contributed by atoms with E-state index in [0.717, 1.165) is 17.1 Å². The molecule has 2 atom stereocenters. The first-order chi connectivity index (χ1) is 9.15. The molecule has 0 saturated carbocycles. The summed E-state index contributed by atoms with van der Waals surface area (Å²) in [5, 5.41) is 13.4. The predicted octanol–water partition coefficient (Wildman–Crippen LogP) is 2.67. The van der Waals surface area contributed by atoms with Crippen LogP contribution in [0.4, 0.5) is 0 Å². The zero-order valence-electron chi connectivity index (χ0n) is 11.5. The molecule has 0 aliphatic rings. The molecule has 1 heterocycles. The lowest BCUT2D eigenvalue weighted by molar-refractivity contribution is 0.132. The molecule has 0 amide bonds. The number of hydrogen-bond acceptors (Lipinski definition) is 3. The molecule has 1 aromatic carbocycles. The van der Waals surface area contributed by atoms with Crippen molar-refractivity contribution in [2.75, 3.05) is 0 Å². The molecule has 0 aliphatic heterocycles. The first-order valence-corrected chi connectivity index (χ1v) is 6.66. The largest absolute Gasteiger partial charge is 0.465 e. The van der Waals surface area contributed by atoms with Gasteiger partial charge < -0.3 is 14.8 Å². The van der Waals surface area contributed by atoms with E-state index in [9.17, 15) is 5.11 Å². The fourth-order valence-corrected chi connectivity index (χ4v) is 2.01. The van der Waals surface area contributed by atoms with Crippen LogP contribution < -0.4 is 5.32 Å². The Kier molecular flexibility index (Phi) is 4.77. The van der Waals surface area contributed by atoms with Crippen LogP contribution in [0.5, 0.6) is 0 Å². The van der Waals surface area contributed by atoms with Crippen molar-refractivity contribution in [2.45, 2.75) is 39.0 Å². The summed E-state index contributed by atoms with van der Waals surface area (Å²) in [6.45, 7) is 4.56. The molecule has 2 rings (SSSR count). The number of rotatable bonds is 6. The summed E-state index contributed by atoms with van der Waals surface area (Å²) in [4.78, 5) is 0. The second kappa shape index (κ2) is 6.55. The van der Waals surface area contributed by atoms with Crippen LogP contribution in [0.25, 0.3) is 0 Å². The second-order valence-corrected chi connectivity index (χ2v) is 4.94. The molecule has 3 heteroatoms. The lowest BCUT2D eigenvalue weighted by atomic mass is 10.0. The minimum atomic E-state index is -0.404. The van der Waals surface area contributed by atoms with E-state index in [-0.39, 0.29) is 6.04 Å². The Bertz CT molecular complexity index is 492. The summed E-state index contributed by atoms with van der Waals surface area (Å²) in [7, 11) is 0. The molecule has 19 heavy (non-hydrogen) atoms. The molecule has 0 radical (unpaired) electrons. The van der Waals surface area contributed by atoms with Gasteiger partial charge in [-0.05, 0) is 38.0 Å². The third-order valence-corrected chi connectivity index (χ3v) is 3.26. The van der Waals surface area contributed by atoms with Crippen molar-refractivity contribution in [1.29, 1.82) is 0 Å². The lowest BCUT2D eigenvalue weighted by Gasteiger charge is -2.19. The van der Waals surface area contributed by atoms with Gasteiger partial charge in [-0.15, -0.1) is 0 Å². The van der Waals surface area contributed by atoms with Gasteiger partial charge in [-0.25, -0.2) is 0 Å². The average Bonchev–Trinajstić information content (AvgIpc) is 2.83. The first kappa shape index (κ1) is 13.8. The Morgan fingerprint density at radius 3 is 2.53 bits per heavy atom. The minimum absolute atomic E-state index is 0.0191. The number of aliphatic hydroxyl groups excluding tert-OH is 1. The van der Waals surface area contributed by atoms with Crippen LogP contribution in [-0.4, -0.2) is 17.3 Å². The SMILES string of the molecule is Cc1ccc(CNC(C)C(O)Cc2ccccc2)o1. The summed E-state index contributed by atoms with van der Waals surface area (Å²) >= 11 is 0. The van der Waals surface area contributed by atoms with E-state index in [1.807, 2.05) is 56.3 Å². The average molecular weight is 259 g/mol. The number of aryl methyl sites for hydroxylation is 1. The molecule has 2 N–H and O–H groups in total. The van der Waals surface area contributed by atoms with E-state index in [1.165, 1.54) is 0 Å². The number of nitrogens with one attached hydrogen (secondary N) is 1. The van der Waals surface area contributed by atoms with Crippen LogP contribution in [0.15, 0.2) is 46.9 Å². The van der Waals surface area contributed by atoms with Crippen LogP contribution in [0.2, 0.25) is 0 Å². The van der Waals surface area contributed by atoms with Gasteiger partial charge in [0.05, 0.1) is 12.6 Å². The summed E-state index contributed by atoms with van der Waals surface area (Å²) in [6, 6.07) is 14.0. The van der Waals surface area contributed by atoms with Gasteiger partial charge in [-0.2, -0.15) is 0 Å². The monoisotopic (exact) mass is 259 g/mol. The van der Waals surface area contributed by atoms with Crippen molar-refractivity contribution < 1.29 is 9.52 Å². The third-order valence-electron chi connectivity index (χ3n) is 3.26. The second-order valence-electron chi connectivity index (χ2n) is 4.94. The Balaban J connectivity index is 1.80. The molecule has 1 aromatic heterocycles. The van der Waals surface area contributed by atoms with Gasteiger partial charge >= 0.3 is 0 Å². The molecule has 0 saturated heterocycles. The highest BCUT2D eigenvalue weighted by atomic mass is 16.3. The van der Waals surface area contributed by atoms with Crippen molar-refractivity contribution in [3.8, 4) is 0 Å². The summed E-state index contributed by atoms with van der Waals surface area (Å²) in [5.74, 6) is 1.81. The van der Waals surface area contributed by atoms with Crippen molar-refractivity contribution in [3.63, 3.8) is 0 Å². The zero-order chi connectivity index (χ0) is 13.7. The van der Waals surface area contributed by atoms with Gasteiger partial charge in [0.25, 0.3) is 0 Å². The van der Waals surface area contributed by atoms with Crippen molar-refractivity contribution in [1.82, 2.24) is 5.32 Å². The van der Waals surface area contributed by atoms with E-state index in [2.05, 4.69) is 5.32 Å². The molecular weight excluding hydrogens is 238 g/mol. The Hall–Kier alpha value is -1.58. The summed E-state index contributed by atoms with van der Waals surface area (Å²) < 4.78 is 5.49. The number of furan rings is 1. The van der Waals surface area contributed by atoms with Gasteiger partial charge in [-0.3, -0.25) is 0 Å². The predicted molar refractivity (Wildman–Crippen MR) is 75.9 cm³/mol. The third kappa shape index (κ3) is 4.23. The van der Waals surface area contributed by atoms with E-state index < -0.39 is 6.10 Å². The first-order valence-electron chi connectivity index (χ1n) is 6.66. The molecule has 0 aliphatic carbocycles. The van der Waals surface area contributed by atoms with Crippen LogP contribution in [0.1, 0.15) is 24.0 Å². The maximum atomic E-state index is 10.2. The van der Waals surface area contributed by atoms with Crippen molar-refractivity contribution >= 4 is 0 Å². The fourth-order valence-electron chi connectivity index (χ4n) is 2.01.